The zero-order valence-corrected chi connectivity index (χ0v) is 9.92. The van der Waals surface area contributed by atoms with E-state index in [0.717, 1.165) is 8.04 Å². The molecule has 0 aromatic heterocycles. The lowest BCUT2D eigenvalue weighted by atomic mass is 10.4. The first kappa shape index (κ1) is 9.10. The van der Waals surface area contributed by atoms with Crippen LogP contribution in [0.3, 0.4) is 0 Å². The van der Waals surface area contributed by atoms with Crippen LogP contribution in [0.25, 0.3) is 0 Å². The molecule has 0 aliphatic rings. The number of halogens is 4. The minimum atomic E-state index is 0.577. The van der Waals surface area contributed by atoms with E-state index in [2.05, 4.69) is 38.5 Å². The van der Waals surface area contributed by atoms with Gasteiger partial charge in [-0.05, 0) is 50.7 Å². The van der Waals surface area contributed by atoms with Crippen LogP contribution in [0.4, 0.5) is 0 Å². The van der Waals surface area contributed by atoms with Crippen molar-refractivity contribution >= 4 is 61.7 Å². The molecule has 1 aromatic carbocycles. The Morgan fingerprint density at radius 2 is 1.90 bits per heavy atom. The molecule has 0 unspecified atom stereocenters. The van der Waals surface area contributed by atoms with E-state index in [4.69, 9.17) is 23.2 Å². The van der Waals surface area contributed by atoms with Crippen molar-refractivity contribution in [3.63, 3.8) is 0 Å². The molecule has 0 saturated carbocycles. The lowest BCUT2D eigenvalue weighted by Gasteiger charge is -1.99. The van der Waals surface area contributed by atoms with Crippen molar-refractivity contribution in [1.82, 2.24) is 0 Å². The predicted octanol–water partition coefficient (Wildman–Crippen LogP) is 4.36. The van der Waals surface area contributed by atoms with Crippen LogP contribution in [0.1, 0.15) is 0 Å². The molecule has 0 aliphatic carbocycles. The van der Waals surface area contributed by atoms with Crippen molar-refractivity contribution in [2.45, 2.75) is 0 Å². The molecular formula is C6H2BrCl2I. The highest BCUT2D eigenvalue weighted by Crippen LogP contribution is 2.33. The zero-order chi connectivity index (χ0) is 7.72. The molecule has 0 saturated heterocycles. The summed E-state index contributed by atoms with van der Waals surface area (Å²) in [7, 11) is 0. The largest absolute Gasteiger partial charge is 0.0827 e. The molecule has 0 amide bonds. The first-order valence-electron chi connectivity index (χ1n) is 2.42. The molecule has 4 heteroatoms. The Labute approximate surface area is 91.2 Å². The van der Waals surface area contributed by atoms with E-state index in [1.54, 1.807) is 6.07 Å². The average molecular weight is 352 g/mol. The fourth-order valence-electron chi connectivity index (χ4n) is 0.502. The van der Waals surface area contributed by atoms with Crippen LogP contribution in [-0.2, 0) is 0 Å². The van der Waals surface area contributed by atoms with Crippen molar-refractivity contribution in [2.24, 2.45) is 0 Å². The molecule has 0 fully saturated rings. The first-order valence-corrected chi connectivity index (χ1v) is 5.04. The SMILES string of the molecule is Clc1ccc(I)c(Br)c1Cl. The second-order valence-corrected chi connectivity index (χ2v) is 4.40. The highest BCUT2D eigenvalue weighted by Gasteiger charge is 2.04. The number of hydrogen-bond donors (Lipinski definition) is 0. The van der Waals surface area contributed by atoms with Crippen LogP contribution in [0.2, 0.25) is 10.0 Å². The van der Waals surface area contributed by atoms with Gasteiger partial charge in [0.15, 0.2) is 0 Å². The van der Waals surface area contributed by atoms with Crippen molar-refractivity contribution in [3.05, 3.63) is 30.2 Å². The summed E-state index contributed by atoms with van der Waals surface area (Å²) in [6.45, 7) is 0. The topological polar surface area (TPSA) is 0 Å². The second-order valence-electron chi connectivity index (χ2n) is 1.66. The van der Waals surface area contributed by atoms with E-state index in [1.807, 2.05) is 6.07 Å². The summed E-state index contributed by atoms with van der Waals surface area (Å²) >= 11 is 17.0. The van der Waals surface area contributed by atoms with Gasteiger partial charge in [-0.2, -0.15) is 0 Å². The summed E-state index contributed by atoms with van der Waals surface area (Å²) in [4.78, 5) is 0. The molecule has 54 valence electrons. The Bertz CT molecular complexity index is 235. The van der Waals surface area contributed by atoms with Crippen LogP contribution in [-0.4, -0.2) is 0 Å². The van der Waals surface area contributed by atoms with Crippen LogP contribution < -0.4 is 0 Å². The Hall–Kier alpha value is 1.01. The van der Waals surface area contributed by atoms with E-state index in [9.17, 15) is 0 Å². The number of hydrogen-bond acceptors (Lipinski definition) is 0. The standard InChI is InChI=1S/C6H2BrCl2I/c7-5-4(10)2-1-3(8)6(5)9/h1-2H. The molecule has 0 atom stereocenters. The molecule has 10 heavy (non-hydrogen) atoms. The van der Waals surface area contributed by atoms with Crippen molar-refractivity contribution in [1.29, 1.82) is 0 Å². The summed E-state index contributed by atoms with van der Waals surface area (Å²) in [5.74, 6) is 0. The van der Waals surface area contributed by atoms with Gasteiger partial charge in [0.2, 0.25) is 0 Å². The third kappa shape index (κ3) is 1.78. The average Bonchev–Trinajstić information content (AvgIpc) is 1.93. The van der Waals surface area contributed by atoms with E-state index >= 15 is 0 Å². The lowest BCUT2D eigenvalue weighted by Crippen LogP contribution is -1.76. The summed E-state index contributed by atoms with van der Waals surface area (Å²) in [6, 6.07) is 3.68. The monoisotopic (exact) mass is 350 g/mol. The maximum atomic E-state index is 5.80. The van der Waals surface area contributed by atoms with Crippen LogP contribution >= 0.6 is 61.7 Å². The molecule has 1 aromatic rings. The molecular weight excluding hydrogens is 350 g/mol. The summed E-state index contributed by atoms with van der Waals surface area (Å²) in [5.41, 5.74) is 0. The van der Waals surface area contributed by atoms with Crippen molar-refractivity contribution in [2.75, 3.05) is 0 Å². The van der Waals surface area contributed by atoms with E-state index in [0.29, 0.717) is 10.0 Å². The molecule has 0 nitrogen and oxygen atoms in total. The van der Waals surface area contributed by atoms with E-state index in [1.165, 1.54) is 0 Å². The van der Waals surface area contributed by atoms with Crippen LogP contribution in [0.5, 0.6) is 0 Å². The van der Waals surface area contributed by atoms with Crippen molar-refractivity contribution < 1.29 is 0 Å². The minimum absolute atomic E-state index is 0.577. The normalized spacial score (nSPS) is 10.0. The molecule has 0 aliphatic heterocycles. The van der Waals surface area contributed by atoms with Gasteiger partial charge in [0, 0.05) is 3.57 Å². The van der Waals surface area contributed by atoms with Gasteiger partial charge in [-0.25, -0.2) is 0 Å². The van der Waals surface area contributed by atoms with Gasteiger partial charge in [-0.1, -0.05) is 23.2 Å². The Morgan fingerprint density at radius 1 is 1.30 bits per heavy atom. The quantitative estimate of drug-likeness (QED) is 0.370. The predicted molar refractivity (Wildman–Crippen MR) is 56.9 cm³/mol. The molecule has 0 spiro atoms. The fourth-order valence-corrected chi connectivity index (χ4v) is 1.89. The van der Waals surface area contributed by atoms with Crippen molar-refractivity contribution in [3.8, 4) is 0 Å². The molecule has 0 N–H and O–H groups in total. The highest BCUT2D eigenvalue weighted by molar-refractivity contribution is 14.1. The first-order chi connectivity index (χ1) is 4.63. The minimum Gasteiger partial charge on any atom is -0.0827 e. The van der Waals surface area contributed by atoms with Gasteiger partial charge in [0.05, 0.1) is 14.5 Å². The molecule has 0 bridgehead atoms. The van der Waals surface area contributed by atoms with Gasteiger partial charge in [0.1, 0.15) is 0 Å². The van der Waals surface area contributed by atoms with Gasteiger partial charge in [-0.3, -0.25) is 0 Å². The number of rotatable bonds is 0. The van der Waals surface area contributed by atoms with Gasteiger partial charge in [0.25, 0.3) is 0 Å². The van der Waals surface area contributed by atoms with Crippen LogP contribution in [0, 0.1) is 3.57 Å². The summed E-state index contributed by atoms with van der Waals surface area (Å²) in [5, 5.41) is 1.16. The summed E-state index contributed by atoms with van der Waals surface area (Å²) < 4.78 is 1.93. The van der Waals surface area contributed by atoms with Gasteiger partial charge in [-0.15, -0.1) is 0 Å². The maximum absolute atomic E-state index is 5.80. The van der Waals surface area contributed by atoms with Gasteiger partial charge >= 0.3 is 0 Å². The molecule has 1 rings (SSSR count). The third-order valence-electron chi connectivity index (χ3n) is 0.988. The lowest BCUT2D eigenvalue weighted by molar-refractivity contribution is 1.58. The molecule has 0 radical (unpaired) electrons. The Balaban J connectivity index is 3.34. The van der Waals surface area contributed by atoms with E-state index < -0.39 is 0 Å². The second kappa shape index (κ2) is 3.61. The van der Waals surface area contributed by atoms with Gasteiger partial charge < -0.3 is 0 Å². The Kier molecular flexibility index (Phi) is 3.28. The molecule has 0 heterocycles. The Morgan fingerprint density at radius 3 is 2.40 bits per heavy atom. The number of benzene rings is 1. The van der Waals surface area contributed by atoms with E-state index in [-0.39, 0.29) is 0 Å². The summed E-state index contributed by atoms with van der Waals surface area (Å²) in [6.07, 6.45) is 0. The fraction of sp³-hybridized carbons (Fsp3) is 0. The maximum Gasteiger partial charge on any atom is 0.0745 e. The van der Waals surface area contributed by atoms with Crippen LogP contribution in [0.15, 0.2) is 16.6 Å². The highest BCUT2D eigenvalue weighted by atomic mass is 127. The third-order valence-corrected chi connectivity index (χ3v) is 4.48. The zero-order valence-electron chi connectivity index (χ0n) is 4.67. The smallest absolute Gasteiger partial charge is 0.0745 e.